The summed E-state index contributed by atoms with van der Waals surface area (Å²) >= 11 is 0. The zero-order valence-corrected chi connectivity index (χ0v) is 15.9. The van der Waals surface area contributed by atoms with Crippen molar-refractivity contribution >= 4 is 23.8 Å². The maximum Gasteiger partial charge on any atom is 1.00 e. The minimum atomic E-state index is -1.64. The van der Waals surface area contributed by atoms with Crippen molar-refractivity contribution in [1.82, 2.24) is 16.0 Å². The molecule has 0 fully saturated rings. The molecule has 20 heavy (non-hydrogen) atoms. The first-order chi connectivity index (χ1) is 8.23. The molecule has 0 aliphatic rings. The van der Waals surface area contributed by atoms with Crippen LogP contribution >= 0.6 is 0 Å². The van der Waals surface area contributed by atoms with Gasteiger partial charge in [-0.2, -0.15) is 0 Å². The number of hydrogen-bond acceptors (Lipinski definition) is 7. The molecule has 2 N–H and O–H groups in total. The van der Waals surface area contributed by atoms with Crippen LogP contribution in [0.3, 0.4) is 0 Å². The number of carbonyl (C=O) groups excluding carboxylic acids is 4. The number of rotatable bonds is 7. The summed E-state index contributed by atoms with van der Waals surface area (Å²) in [4.78, 5) is 42.8. The van der Waals surface area contributed by atoms with Crippen molar-refractivity contribution in [1.29, 1.82) is 0 Å². The van der Waals surface area contributed by atoms with E-state index in [1.54, 1.807) is 0 Å². The molecule has 0 aromatic rings. The third-order valence-corrected chi connectivity index (χ3v) is 1.76. The number of nitrogens with zero attached hydrogens (tertiary/aromatic N) is 1. The van der Waals surface area contributed by atoms with Crippen LogP contribution in [-0.4, -0.2) is 34.9 Å². The second-order valence-electron chi connectivity index (χ2n) is 3.45. The van der Waals surface area contributed by atoms with Gasteiger partial charge < -0.3 is 19.8 Å². The minimum absolute atomic E-state index is 0. The third-order valence-electron chi connectivity index (χ3n) is 1.76. The maximum absolute atomic E-state index is 10.9. The normalized spacial score (nSPS) is 10.6. The van der Waals surface area contributed by atoms with E-state index in [2.05, 4.69) is 0 Å². The number of aliphatic carboxylic acids is 2. The van der Waals surface area contributed by atoms with E-state index in [9.17, 15) is 29.4 Å². The molecule has 0 saturated carbocycles. The van der Waals surface area contributed by atoms with Gasteiger partial charge in [-0.15, -0.1) is 5.12 Å². The Kier molecular flexibility index (Phi) is 15.6. The predicted octanol–water partition coefficient (Wildman–Crippen LogP) is -9.95. The SMILES string of the molecule is CC(=O)NN(NC(C)=O)[C@@H](CCC(=O)[O-])C(=O)[O-].[Na+].[Na+]. The van der Waals surface area contributed by atoms with Crippen LogP contribution in [0, 0.1) is 0 Å². The first-order valence-electron chi connectivity index (χ1n) is 4.98. The van der Waals surface area contributed by atoms with Crippen LogP contribution < -0.4 is 80.2 Å². The molecule has 0 rings (SSSR count). The molecular formula is C9H13N3Na2O6. The Bertz CT molecular complexity index is 350. The molecule has 2 amide bonds. The van der Waals surface area contributed by atoms with Crippen molar-refractivity contribution in [2.24, 2.45) is 0 Å². The monoisotopic (exact) mass is 305 g/mol. The van der Waals surface area contributed by atoms with E-state index in [1.165, 1.54) is 0 Å². The first kappa shape index (κ1) is 24.8. The Hall–Kier alpha value is -0.160. The summed E-state index contributed by atoms with van der Waals surface area (Å²) in [7, 11) is 0. The number of carboxylic acid groups (broad SMARTS) is 2. The second kappa shape index (κ2) is 12.6. The minimum Gasteiger partial charge on any atom is -0.550 e. The number of amides is 2. The molecule has 0 aromatic carbocycles. The van der Waals surface area contributed by atoms with Crippen LogP contribution in [-0.2, 0) is 19.2 Å². The van der Waals surface area contributed by atoms with Crippen LogP contribution in [0.2, 0.25) is 0 Å². The van der Waals surface area contributed by atoms with E-state index in [0.717, 1.165) is 13.8 Å². The van der Waals surface area contributed by atoms with E-state index in [-0.39, 0.29) is 59.1 Å². The van der Waals surface area contributed by atoms with Crippen LogP contribution in [0.1, 0.15) is 26.7 Å². The zero-order chi connectivity index (χ0) is 14.3. The Labute approximate surface area is 160 Å². The van der Waals surface area contributed by atoms with Gasteiger partial charge in [-0.1, -0.05) is 0 Å². The maximum atomic E-state index is 10.9. The number of nitrogens with one attached hydrogen (secondary N) is 2. The second-order valence-corrected chi connectivity index (χ2v) is 3.45. The summed E-state index contributed by atoms with van der Waals surface area (Å²) in [6.45, 7) is 2.19. The Morgan fingerprint density at radius 2 is 1.40 bits per heavy atom. The number of hydrogen-bond donors (Lipinski definition) is 2. The summed E-state index contributed by atoms with van der Waals surface area (Å²) in [5.74, 6) is -4.36. The summed E-state index contributed by atoms with van der Waals surface area (Å²) in [5, 5.41) is 21.7. The van der Waals surface area contributed by atoms with Gasteiger partial charge in [-0.05, 0) is 12.8 Å². The van der Waals surface area contributed by atoms with E-state index >= 15 is 0 Å². The third kappa shape index (κ3) is 11.6. The van der Waals surface area contributed by atoms with Crippen molar-refractivity contribution in [3.8, 4) is 0 Å². The molecular weight excluding hydrogens is 292 g/mol. The van der Waals surface area contributed by atoms with Gasteiger partial charge in [0.05, 0.1) is 12.0 Å². The Morgan fingerprint density at radius 1 is 1.00 bits per heavy atom. The van der Waals surface area contributed by atoms with E-state index in [1.807, 2.05) is 10.9 Å². The van der Waals surface area contributed by atoms with Crippen LogP contribution in [0.4, 0.5) is 0 Å². The molecule has 11 heteroatoms. The molecule has 0 spiro atoms. The van der Waals surface area contributed by atoms with Gasteiger partial charge in [0.1, 0.15) is 0 Å². The molecule has 1 atom stereocenters. The average Bonchev–Trinajstić information content (AvgIpc) is 2.14. The molecule has 0 saturated heterocycles. The molecule has 0 aliphatic heterocycles. The largest absolute Gasteiger partial charge is 1.00 e. The Balaban J connectivity index is -0.00000144. The van der Waals surface area contributed by atoms with Crippen molar-refractivity contribution in [3.63, 3.8) is 0 Å². The van der Waals surface area contributed by atoms with Gasteiger partial charge in [0.15, 0.2) is 0 Å². The van der Waals surface area contributed by atoms with E-state index < -0.39 is 42.6 Å². The molecule has 0 heterocycles. The molecule has 9 nitrogen and oxygen atoms in total. The zero-order valence-electron chi connectivity index (χ0n) is 11.9. The number of carboxylic acids is 2. The molecule has 0 aromatic heterocycles. The summed E-state index contributed by atoms with van der Waals surface area (Å²) in [6, 6.07) is -1.52. The van der Waals surface area contributed by atoms with Crippen LogP contribution in [0.25, 0.3) is 0 Å². The standard InChI is InChI=1S/C9H15N3O6.2Na/c1-5(13)10-12(11-6(2)14)7(9(17)18)3-4-8(15)16;;/h7H,3-4H2,1-2H3,(H,10,13)(H,11,14)(H,15,16)(H,17,18);;/q;2*+1/p-2/t7-;;/m0../s1. The predicted molar refractivity (Wildman–Crippen MR) is 52.5 cm³/mol. The fraction of sp³-hybridized carbons (Fsp3) is 0.556. The van der Waals surface area contributed by atoms with Crippen molar-refractivity contribution in [3.05, 3.63) is 0 Å². The average molecular weight is 305 g/mol. The van der Waals surface area contributed by atoms with Crippen LogP contribution in [0.15, 0.2) is 0 Å². The summed E-state index contributed by atoms with van der Waals surface area (Å²) < 4.78 is 0. The topological polar surface area (TPSA) is 142 Å². The molecule has 0 unspecified atom stereocenters. The molecule has 0 aliphatic carbocycles. The fourth-order valence-electron chi connectivity index (χ4n) is 1.13. The van der Waals surface area contributed by atoms with Crippen molar-refractivity contribution in [2.45, 2.75) is 32.7 Å². The van der Waals surface area contributed by atoms with E-state index in [0.29, 0.717) is 5.12 Å². The molecule has 0 bridgehead atoms. The van der Waals surface area contributed by atoms with Gasteiger partial charge >= 0.3 is 59.1 Å². The number of hydrazine groups is 2. The summed E-state index contributed by atoms with van der Waals surface area (Å²) in [6.07, 6.45) is -0.959. The first-order valence-corrected chi connectivity index (χ1v) is 4.98. The van der Waals surface area contributed by atoms with Crippen LogP contribution in [0.5, 0.6) is 0 Å². The van der Waals surface area contributed by atoms with Crippen molar-refractivity contribution < 1.29 is 88.5 Å². The smallest absolute Gasteiger partial charge is 0.550 e. The van der Waals surface area contributed by atoms with Gasteiger partial charge in [0.25, 0.3) is 0 Å². The van der Waals surface area contributed by atoms with Gasteiger partial charge in [-0.25, -0.2) is 0 Å². The quantitative estimate of drug-likeness (QED) is 0.351. The van der Waals surface area contributed by atoms with Gasteiger partial charge in [-0.3, -0.25) is 20.4 Å². The van der Waals surface area contributed by atoms with Gasteiger partial charge in [0.2, 0.25) is 11.8 Å². The van der Waals surface area contributed by atoms with Crippen molar-refractivity contribution in [2.75, 3.05) is 0 Å². The fourth-order valence-corrected chi connectivity index (χ4v) is 1.13. The molecule has 102 valence electrons. The molecule has 0 radical (unpaired) electrons. The summed E-state index contributed by atoms with van der Waals surface area (Å²) in [5.41, 5.74) is 4.09. The van der Waals surface area contributed by atoms with E-state index in [4.69, 9.17) is 0 Å². The Morgan fingerprint density at radius 3 is 1.65 bits per heavy atom. The van der Waals surface area contributed by atoms with Gasteiger partial charge in [0, 0.05) is 19.8 Å². The number of carbonyl (C=O) groups is 4.